The number of carbonyl (C=O) groups excluding carboxylic acids is 2. The van der Waals surface area contributed by atoms with Gasteiger partial charge in [0.2, 0.25) is 0 Å². The first kappa shape index (κ1) is 26.0. The van der Waals surface area contributed by atoms with Gasteiger partial charge in [0.05, 0.1) is 6.61 Å². The predicted octanol–water partition coefficient (Wildman–Crippen LogP) is 5.58. The van der Waals surface area contributed by atoms with Gasteiger partial charge in [0.15, 0.2) is 12.4 Å². The second-order valence-electron chi connectivity index (χ2n) is 6.85. The first-order valence-electron chi connectivity index (χ1n) is 10.6. The zero-order valence-electron chi connectivity index (χ0n) is 19.0. The molecule has 34 heavy (non-hydrogen) atoms. The summed E-state index contributed by atoms with van der Waals surface area (Å²) in [6.07, 6.45) is 3.85. The SMILES string of the molecule is C=CC(=O)OC(c1ccccc1)(c1ccccc1)c1ccccc1.C=CCOCOC(=O)C=C. The van der Waals surface area contributed by atoms with Crippen LogP contribution in [0.25, 0.3) is 0 Å². The van der Waals surface area contributed by atoms with Crippen LogP contribution in [-0.2, 0) is 29.4 Å². The van der Waals surface area contributed by atoms with Gasteiger partial charge in [-0.05, 0) is 0 Å². The minimum absolute atomic E-state index is 0.0448. The molecule has 0 aliphatic rings. The van der Waals surface area contributed by atoms with E-state index in [1.807, 2.05) is 91.0 Å². The van der Waals surface area contributed by atoms with Crippen LogP contribution >= 0.6 is 0 Å². The monoisotopic (exact) mass is 456 g/mol. The van der Waals surface area contributed by atoms with Crippen LogP contribution in [0.15, 0.2) is 129 Å². The van der Waals surface area contributed by atoms with Gasteiger partial charge in [0, 0.05) is 28.8 Å². The molecule has 0 N–H and O–H groups in total. The van der Waals surface area contributed by atoms with Gasteiger partial charge in [-0.3, -0.25) is 0 Å². The molecule has 3 rings (SSSR count). The van der Waals surface area contributed by atoms with E-state index in [1.165, 1.54) is 6.08 Å². The summed E-state index contributed by atoms with van der Waals surface area (Å²) < 4.78 is 15.2. The molecule has 0 saturated carbocycles. The summed E-state index contributed by atoms with van der Waals surface area (Å²) in [5, 5.41) is 0. The molecule has 5 heteroatoms. The molecule has 0 amide bonds. The Labute approximate surface area is 200 Å². The number of ether oxygens (including phenoxy) is 3. The number of hydrogen-bond donors (Lipinski definition) is 0. The van der Waals surface area contributed by atoms with E-state index in [-0.39, 0.29) is 6.79 Å². The van der Waals surface area contributed by atoms with E-state index >= 15 is 0 Å². The van der Waals surface area contributed by atoms with Crippen molar-refractivity contribution in [1.29, 1.82) is 0 Å². The second kappa shape index (κ2) is 14.0. The molecule has 0 fully saturated rings. The van der Waals surface area contributed by atoms with Gasteiger partial charge in [-0.2, -0.15) is 0 Å². The van der Waals surface area contributed by atoms with Crippen LogP contribution < -0.4 is 0 Å². The van der Waals surface area contributed by atoms with E-state index in [0.717, 1.165) is 22.8 Å². The molecule has 0 aliphatic carbocycles. The first-order valence-corrected chi connectivity index (χ1v) is 10.6. The van der Waals surface area contributed by atoms with Crippen molar-refractivity contribution in [1.82, 2.24) is 0 Å². The van der Waals surface area contributed by atoms with Gasteiger partial charge >= 0.3 is 11.9 Å². The quantitative estimate of drug-likeness (QED) is 0.0995. The van der Waals surface area contributed by atoms with E-state index in [2.05, 4.69) is 24.5 Å². The average Bonchev–Trinajstić information content (AvgIpc) is 2.91. The Hall–Kier alpha value is -4.22. The maximum atomic E-state index is 12.2. The summed E-state index contributed by atoms with van der Waals surface area (Å²) in [7, 11) is 0. The van der Waals surface area contributed by atoms with Crippen molar-refractivity contribution in [2.75, 3.05) is 13.4 Å². The van der Waals surface area contributed by atoms with E-state index in [0.29, 0.717) is 6.61 Å². The summed E-state index contributed by atoms with van der Waals surface area (Å²) in [6, 6.07) is 29.3. The summed E-state index contributed by atoms with van der Waals surface area (Å²) in [4.78, 5) is 22.5. The fourth-order valence-electron chi connectivity index (χ4n) is 3.18. The summed E-state index contributed by atoms with van der Waals surface area (Å²) >= 11 is 0. The van der Waals surface area contributed by atoms with Crippen molar-refractivity contribution in [2.45, 2.75) is 5.60 Å². The Bertz CT molecular complexity index is 963. The smallest absolute Gasteiger partial charge is 0.332 e. The maximum absolute atomic E-state index is 12.2. The van der Waals surface area contributed by atoms with E-state index in [4.69, 9.17) is 9.47 Å². The topological polar surface area (TPSA) is 61.8 Å². The zero-order chi connectivity index (χ0) is 24.7. The molecule has 3 aromatic rings. The molecule has 0 heterocycles. The zero-order valence-corrected chi connectivity index (χ0v) is 19.0. The minimum Gasteiger partial charge on any atom is -0.441 e. The van der Waals surface area contributed by atoms with Crippen LogP contribution in [0.2, 0.25) is 0 Å². The average molecular weight is 457 g/mol. The standard InChI is InChI=1S/C22H18O2.C7H10O3/c1-2-21(23)24-22(18-12-6-3-7-13-18,19-14-8-4-9-15-19)20-16-10-5-11-17-20;1-3-5-9-6-10-7(8)4-2/h2-17H,1H2;3-4H,1-2,5-6H2. The van der Waals surface area contributed by atoms with E-state index < -0.39 is 17.5 Å². The lowest BCUT2D eigenvalue weighted by Gasteiger charge is -2.34. The predicted molar refractivity (Wildman–Crippen MR) is 133 cm³/mol. The summed E-state index contributed by atoms with van der Waals surface area (Å²) in [5.74, 6) is -0.948. The Kier molecular flexibility index (Phi) is 10.7. The normalized spacial score (nSPS) is 10.1. The molecule has 5 nitrogen and oxygen atoms in total. The third-order valence-corrected chi connectivity index (χ3v) is 4.65. The van der Waals surface area contributed by atoms with Gasteiger partial charge in [0.1, 0.15) is 0 Å². The summed E-state index contributed by atoms with van der Waals surface area (Å²) in [5.41, 5.74) is 1.64. The second-order valence-corrected chi connectivity index (χ2v) is 6.85. The molecule has 0 aromatic heterocycles. The van der Waals surface area contributed by atoms with Crippen LogP contribution in [0.3, 0.4) is 0 Å². The van der Waals surface area contributed by atoms with Crippen molar-refractivity contribution in [3.63, 3.8) is 0 Å². The van der Waals surface area contributed by atoms with Crippen LogP contribution in [0.5, 0.6) is 0 Å². The van der Waals surface area contributed by atoms with Gasteiger partial charge in [-0.1, -0.05) is 110 Å². The molecule has 0 atom stereocenters. The van der Waals surface area contributed by atoms with Crippen molar-refractivity contribution in [3.05, 3.63) is 146 Å². The lowest BCUT2D eigenvalue weighted by Crippen LogP contribution is -2.34. The fraction of sp³-hybridized carbons (Fsp3) is 0.103. The first-order chi connectivity index (χ1) is 16.6. The van der Waals surface area contributed by atoms with Gasteiger partial charge in [0.25, 0.3) is 0 Å². The number of esters is 2. The number of rotatable bonds is 10. The summed E-state index contributed by atoms with van der Waals surface area (Å²) in [6.45, 7) is 10.5. The molecular formula is C29H28O5. The van der Waals surface area contributed by atoms with Crippen LogP contribution in [0.4, 0.5) is 0 Å². The Morgan fingerprint density at radius 2 is 1.09 bits per heavy atom. The number of hydrogen-bond acceptors (Lipinski definition) is 5. The third kappa shape index (κ3) is 7.15. The Morgan fingerprint density at radius 1 is 0.676 bits per heavy atom. The van der Waals surface area contributed by atoms with Crippen LogP contribution in [-0.4, -0.2) is 25.3 Å². The molecule has 0 radical (unpaired) electrons. The fourth-order valence-corrected chi connectivity index (χ4v) is 3.18. The third-order valence-electron chi connectivity index (χ3n) is 4.65. The van der Waals surface area contributed by atoms with Gasteiger partial charge in [-0.15, -0.1) is 6.58 Å². The van der Waals surface area contributed by atoms with Crippen LogP contribution in [0.1, 0.15) is 16.7 Å². The molecule has 174 valence electrons. The van der Waals surface area contributed by atoms with Crippen molar-refractivity contribution in [3.8, 4) is 0 Å². The highest BCUT2D eigenvalue weighted by molar-refractivity contribution is 5.82. The van der Waals surface area contributed by atoms with E-state index in [9.17, 15) is 9.59 Å². The molecule has 0 spiro atoms. The molecule has 0 unspecified atom stereocenters. The number of benzene rings is 3. The van der Waals surface area contributed by atoms with Gasteiger partial charge in [-0.25, -0.2) is 9.59 Å². The van der Waals surface area contributed by atoms with Crippen molar-refractivity contribution >= 4 is 11.9 Å². The lowest BCUT2D eigenvalue weighted by molar-refractivity contribution is -0.149. The van der Waals surface area contributed by atoms with E-state index in [1.54, 1.807) is 6.08 Å². The molecule has 0 saturated heterocycles. The molecule has 3 aromatic carbocycles. The largest absolute Gasteiger partial charge is 0.441 e. The highest BCUT2D eigenvalue weighted by Crippen LogP contribution is 2.40. The van der Waals surface area contributed by atoms with Crippen molar-refractivity contribution in [2.24, 2.45) is 0 Å². The van der Waals surface area contributed by atoms with Crippen molar-refractivity contribution < 1.29 is 23.8 Å². The molecule has 0 aliphatic heterocycles. The molecular weight excluding hydrogens is 428 g/mol. The highest BCUT2D eigenvalue weighted by atomic mass is 16.7. The van der Waals surface area contributed by atoms with Gasteiger partial charge < -0.3 is 14.2 Å². The maximum Gasteiger partial charge on any atom is 0.332 e. The lowest BCUT2D eigenvalue weighted by atomic mass is 9.80. The number of carbonyl (C=O) groups is 2. The highest BCUT2D eigenvalue weighted by Gasteiger charge is 2.39. The van der Waals surface area contributed by atoms with Crippen LogP contribution in [0, 0.1) is 0 Å². The minimum atomic E-state index is -1.02. The Balaban J connectivity index is 0.000000347. The molecule has 0 bridgehead atoms. The Morgan fingerprint density at radius 3 is 1.44 bits per heavy atom.